The number of nitrogens with zero attached hydrogens (tertiary/aromatic N) is 1. The first-order chi connectivity index (χ1) is 13.5. The molecule has 0 spiro atoms. The number of benzene rings is 2. The zero-order valence-electron chi connectivity index (χ0n) is 15.4. The van der Waals surface area contributed by atoms with Crippen LogP contribution in [0.1, 0.15) is 31.2 Å². The molecule has 0 amide bonds. The van der Waals surface area contributed by atoms with Crippen LogP contribution in [0.4, 0.5) is 0 Å². The van der Waals surface area contributed by atoms with E-state index in [0.29, 0.717) is 44.2 Å². The first-order valence-corrected chi connectivity index (χ1v) is 10.2. The highest BCUT2D eigenvalue weighted by atomic mass is 35.5. The summed E-state index contributed by atoms with van der Waals surface area (Å²) in [4.78, 5) is 15.4. The molecule has 4 nitrogen and oxygen atoms in total. The van der Waals surface area contributed by atoms with Crippen molar-refractivity contribution in [3.05, 3.63) is 62.4 Å². The molecule has 1 N–H and O–H groups in total. The van der Waals surface area contributed by atoms with E-state index in [1.165, 1.54) is 19.1 Å². The smallest absolute Gasteiger partial charge is 0.200 e. The lowest BCUT2D eigenvalue weighted by Crippen LogP contribution is -2.24. The Morgan fingerprint density at radius 3 is 2.46 bits per heavy atom. The van der Waals surface area contributed by atoms with Crippen LogP contribution in [0.15, 0.2) is 45.8 Å². The van der Waals surface area contributed by atoms with Gasteiger partial charge in [0.05, 0.1) is 21.5 Å². The summed E-state index contributed by atoms with van der Waals surface area (Å²) in [5.74, 6) is 0.150. The van der Waals surface area contributed by atoms with Crippen LogP contribution < -0.4 is 5.43 Å². The standard InChI is InChI=1S/C22H21Cl2NO3/c23-14-5-6-15(19(24)11-14)18-13-28-22-16(21(18)27)7-8-20(26)17(22)12-25-9-3-1-2-4-10-25/h5-8,11,13,26H,1-4,9-10,12H2. The van der Waals surface area contributed by atoms with Crippen LogP contribution >= 0.6 is 23.2 Å². The molecule has 2 aromatic carbocycles. The normalized spacial score (nSPS) is 15.6. The van der Waals surface area contributed by atoms with Gasteiger partial charge in [-0.3, -0.25) is 9.69 Å². The van der Waals surface area contributed by atoms with Crippen molar-refractivity contribution in [2.45, 2.75) is 32.2 Å². The third kappa shape index (κ3) is 3.77. The van der Waals surface area contributed by atoms with Gasteiger partial charge in [0.25, 0.3) is 0 Å². The Bertz CT molecular complexity index is 1070. The Hall–Kier alpha value is -2.01. The second-order valence-corrected chi connectivity index (χ2v) is 8.08. The summed E-state index contributed by atoms with van der Waals surface area (Å²) in [6.45, 7) is 2.53. The van der Waals surface area contributed by atoms with Gasteiger partial charge in [0.15, 0.2) is 0 Å². The fourth-order valence-electron chi connectivity index (χ4n) is 3.81. The number of hydrogen-bond donors (Lipinski definition) is 1. The molecule has 4 rings (SSSR count). The molecule has 6 heteroatoms. The van der Waals surface area contributed by atoms with Gasteiger partial charge in [0.2, 0.25) is 5.43 Å². The molecule has 28 heavy (non-hydrogen) atoms. The van der Waals surface area contributed by atoms with Gasteiger partial charge in [-0.15, -0.1) is 0 Å². The predicted molar refractivity (Wildman–Crippen MR) is 113 cm³/mol. The van der Waals surface area contributed by atoms with Gasteiger partial charge in [-0.25, -0.2) is 0 Å². The zero-order valence-corrected chi connectivity index (χ0v) is 16.9. The largest absolute Gasteiger partial charge is 0.507 e. The topological polar surface area (TPSA) is 53.7 Å². The molecule has 1 aromatic heterocycles. The van der Waals surface area contributed by atoms with Gasteiger partial charge in [-0.1, -0.05) is 42.1 Å². The molecule has 1 fully saturated rings. The maximum atomic E-state index is 13.1. The van der Waals surface area contributed by atoms with Crippen molar-refractivity contribution in [1.29, 1.82) is 0 Å². The maximum absolute atomic E-state index is 13.1. The second-order valence-electron chi connectivity index (χ2n) is 7.23. The number of aromatic hydroxyl groups is 1. The number of halogens is 2. The van der Waals surface area contributed by atoms with E-state index in [1.807, 2.05) is 0 Å². The number of phenolic OH excluding ortho intramolecular Hbond substituents is 1. The van der Waals surface area contributed by atoms with Crippen molar-refractivity contribution in [3.63, 3.8) is 0 Å². The molecule has 0 bridgehead atoms. The van der Waals surface area contributed by atoms with E-state index in [-0.39, 0.29) is 11.2 Å². The molecule has 1 saturated heterocycles. The summed E-state index contributed by atoms with van der Waals surface area (Å²) >= 11 is 12.2. The highest BCUT2D eigenvalue weighted by molar-refractivity contribution is 6.36. The Morgan fingerprint density at radius 1 is 1.00 bits per heavy atom. The van der Waals surface area contributed by atoms with Crippen LogP contribution in [0.3, 0.4) is 0 Å². The van der Waals surface area contributed by atoms with Crippen molar-refractivity contribution in [1.82, 2.24) is 4.90 Å². The number of fused-ring (bicyclic) bond motifs is 1. The molecule has 0 radical (unpaired) electrons. The molecule has 3 aromatic rings. The Labute approximate surface area is 173 Å². The minimum absolute atomic E-state index is 0.150. The first kappa shape index (κ1) is 19.3. The third-order valence-corrected chi connectivity index (χ3v) is 5.87. The quantitative estimate of drug-likeness (QED) is 0.580. The van der Waals surface area contributed by atoms with Crippen LogP contribution in [-0.2, 0) is 6.54 Å². The van der Waals surface area contributed by atoms with Gasteiger partial charge in [0, 0.05) is 17.1 Å². The summed E-state index contributed by atoms with van der Waals surface area (Å²) < 4.78 is 5.87. The van der Waals surface area contributed by atoms with E-state index >= 15 is 0 Å². The summed E-state index contributed by atoms with van der Waals surface area (Å²) in [6, 6.07) is 8.17. The molecule has 146 valence electrons. The van der Waals surface area contributed by atoms with Crippen molar-refractivity contribution >= 4 is 34.2 Å². The first-order valence-electron chi connectivity index (χ1n) is 9.49. The summed E-state index contributed by atoms with van der Waals surface area (Å²) in [6.07, 6.45) is 6.19. The molecule has 0 aliphatic carbocycles. The monoisotopic (exact) mass is 417 g/mol. The van der Waals surface area contributed by atoms with Crippen LogP contribution in [0, 0.1) is 0 Å². The predicted octanol–water partition coefficient (Wildman–Crippen LogP) is 5.85. The number of phenols is 1. The van der Waals surface area contributed by atoms with Crippen molar-refractivity contribution in [3.8, 4) is 16.9 Å². The van der Waals surface area contributed by atoms with Gasteiger partial charge in [-0.2, -0.15) is 0 Å². The molecule has 0 unspecified atom stereocenters. The van der Waals surface area contributed by atoms with Crippen molar-refractivity contribution in [2.75, 3.05) is 13.1 Å². The van der Waals surface area contributed by atoms with Gasteiger partial charge >= 0.3 is 0 Å². The average Bonchev–Trinajstić information content (AvgIpc) is 2.94. The zero-order chi connectivity index (χ0) is 19.7. The number of rotatable bonds is 3. The van der Waals surface area contributed by atoms with Crippen molar-refractivity contribution < 1.29 is 9.52 Å². The molecule has 0 atom stereocenters. The highest BCUT2D eigenvalue weighted by Crippen LogP contribution is 2.32. The van der Waals surface area contributed by atoms with Crippen LogP contribution in [0.25, 0.3) is 22.1 Å². The Morgan fingerprint density at radius 2 is 1.75 bits per heavy atom. The third-order valence-electron chi connectivity index (χ3n) is 5.32. The number of likely N-dealkylation sites (tertiary alicyclic amines) is 1. The molecule has 1 aliphatic heterocycles. The van der Waals surface area contributed by atoms with E-state index in [2.05, 4.69) is 4.90 Å². The summed E-state index contributed by atoms with van der Waals surface area (Å²) in [5, 5.41) is 11.8. The summed E-state index contributed by atoms with van der Waals surface area (Å²) in [7, 11) is 0. The Kier molecular flexibility index (Phi) is 5.63. The van der Waals surface area contributed by atoms with Gasteiger partial charge in [-0.05, 0) is 50.2 Å². The summed E-state index contributed by atoms with van der Waals surface area (Å²) in [5.41, 5.74) is 1.86. The average molecular weight is 418 g/mol. The van der Waals surface area contributed by atoms with Crippen LogP contribution in [0.2, 0.25) is 10.0 Å². The molecule has 1 aliphatic rings. The fraction of sp³-hybridized carbons (Fsp3) is 0.318. The second kappa shape index (κ2) is 8.16. The molecular weight excluding hydrogens is 397 g/mol. The fourth-order valence-corrected chi connectivity index (χ4v) is 4.32. The molecule has 0 saturated carbocycles. The Balaban J connectivity index is 1.79. The van der Waals surface area contributed by atoms with E-state index < -0.39 is 0 Å². The van der Waals surface area contributed by atoms with E-state index in [4.69, 9.17) is 27.6 Å². The lowest BCUT2D eigenvalue weighted by Gasteiger charge is -2.21. The molecule has 2 heterocycles. The van der Waals surface area contributed by atoms with Crippen molar-refractivity contribution in [2.24, 2.45) is 0 Å². The minimum Gasteiger partial charge on any atom is -0.507 e. The van der Waals surface area contributed by atoms with Gasteiger partial charge < -0.3 is 9.52 Å². The van der Waals surface area contributed by atoms with Gasteiger partial charge in [0.1, 0.15) is 17.6 Å². The molecular formula is C22H21Cl2NO3. The number of hydrogen-bond acceptors (Lipinski definition) is 4. The van der Waals surface area contributed by atoms with E-state index in [0.717, 1.165) is 25.9 Å². The maximum Gasteiger partial charge on any atom is 0.200 e. The minimum atomic E-state index is -0.178. The lowest BCUT2D eigenvalue weighted by atomic mass is 10.0. The highest BCUT2D eigenvalue weighted by Gasteiger charge is 2.19. The SMILES string of the molecule is O=c1c(-c2ccc(Cl)cc2Cl)coc2c(CN3CCCCCC3)c(O)ccc12. The lowest BCUT2D eigenvalue weighted by molar-refractivity contribution is 0.272. The van der Waals surface area contributed by atoms with Crippen LogP contribution in [-0.4, -0.2) is 23.1 Å². The van der Waals surface area contributed by atoms with E-state index in [1.54, 1.807) is 30.3 Å². The van der Waals surface area contributed by atoms with Crippen LogP contribution in [0.5, 0.6) is 5.75 Å². The van der Waals surface area contributed by atoms with E-state index in [9.17, 15) is 9.90 Å².